The van der Waals surface area contributed by atoms with Gasteiger partial charge in [-0.05, 0) is 17.7 Å². The lowest BCUT2D eigenvalue weighted by Gasteiger charge is -1.98. The van der Waals surface area contributed by atoms with Gasteiger partial charge in [-0.25, -0.2) is 9.97 Å². The molecule has 2 heterocycles. The predicted octanol–water partition coefficient (Wildman–Crippen LogP) is 0.873. The molecule has 3 rings (SSSR count). The zero-order chi connectivity index (χ0) is 9.54. The number of benzene rings is 1. The number of aromatic nitrogens is 2. The van der Waals surface area contributed by atoms with E-state index in [1.165, 1.54) is 6.33 Å². The van der Waals surface area contributed by atoms with Gasteiger partial charge in [0.2, 0.25) is 0 Å². The molecule has 0 bridgehead atoms. The van der Waals surface area contributed by atoms with Gasteiger partial charge in [-0.15, -0.1) is 0 Å². The van der Waals surface area contributed by atoms with E-state index < -0.39 is 0 Å². The fourth-order valence-corrected chi connectivity index (χ4v) is 1.70. The minimum absolute atomic E-state index is 0.00856. The zero-order valence-corrected chi connectivity index (χ0v) is 7.32. The van der Waals surface area contributed by atoms with E-state index in [2.05, 4.69) is 15.3 Å². The van der Waals surface area contributed by atoms with Crippen molar-refractivity contribution in [3.8, 4) is 0 Å². The summed E-state index contributed by atoms with van der Waals surface area (Å²) in [6, 6.07) is 3.78. The Morgan fingerprint density at radius 3 is 3.21 bits per heavy atom. The Bertz CT molecular complexity index is 536. The number of amides is 1. The van der Waals surface area contributed by atoms with Crippen molar-refractivity contribution < 1.29 is 4.79 Å². The molecule has 0 aliphatic carbocycles. The maximum Gasteiger partial charge on any atom is 0.251 e. The van der Waals surface area contributed by atoms with Gasteiger partial charge in [0.05, 0.1) is 5.52 Å². The predicted molar refractivity (Wildman–Crippen MR) is 50.7 cm³/mol. The molecule has 4 heteroatoms. The summed E-state index contributed by atoms with van der Waals surface area (Å²) in [7, 11) is 0. The summed E-state index contributed by atoms with van der Waals surface area (Å²) in [5.41, 5.74) is 2.64. The summed E-state index contributed by atoms with van der Waals surface area (Å²) >= 11 is 0. The molecule has 2 aromatic rings. The van der Waals surface area contributed by atoms with Crippen LogP contribution in [0.15, 0.2) is 24.7 Å². The van der Waals surface area contributed by atoms with Gasteiger partial charge in [-0.3, -0.25) is 4.79 Å². The Morgan fingerprint density at radius 2 is 2.29 bits per heavy atom. The Labute approximate surface area is 80.0 Å². The van der Waals surface area contributed by atoms with E-state index in [1.807, 2.05) is 12.1 Å². The maximum absolute atomic E-state index is 11.4. The largest absolute Gasteiger partial charge is 0.348 e. The van der Waals surface area contributed by atoms with Crippen molar-refractivity contribution in [3.05, 3.63) is 35.8 Å². The first kappa shape index (κ1) is 7.44. The number of carbonyl (C=O) groups is 1. The summed E-state index contributed by atoms with van der Waals surface area (Å²) in [5, 5.41) is 3.68. The molecule has 0 spiro atoms. The maximum atomic E-state index is 11.4. The SMILES string of the molecule is O=C1NCc2cc3ncncc3cc21. The molecule has 14 heavy (non-hydrogen) atoms. The minimum Gasteiger partial charge on any atom is -0.348 e. The van der Waals surface area contributed by atoms with E-state index >= 15 is 0 Å². The normalized spacial score (nSPS) is 14.1. The summed E-state index contributed by atoms with van der Waals surface area (Å²) in [4.78, 5) is 19.4. The van der Waals surface area contributed by atoms with Crippen molar-refractivity contribution in [1.82, 2.24) is 15.3 Å². The highest BCUT2D eigenvalue weighted by Gasteiger charge is 2.19. The fraction of sp³-hybridized carbons (Fsp3) is 0.100. The molecule has 0 saturated heterocycles. The van der Waals surface area contributed by atoms with Crippen molar-refractivity contribution in [2.24, 2.45) is 0 Å². The van der Waals surface area contributed by atoms with Crippen LogP contribution >= 0.6 is 0 Å². The Hall–Kier alpha value is -1.97. The van der Waals surface area contributed by atoms with E-state index in [1.54, 1.807) is 6.20 Å². The quantitative estimate of drug-likeness (QED) is 0.662. The van der Waals surface area contributed by atoms with Crippen molar-refractivity contribution in [3.63, 3.8) is 0 Å². The monoisotopic (exact) mass is 185 g/mol. The Kier molecular flexibility index (Phi) is 1.33. The highest BCUT2D eigenvalue weighted by molar-refractivity contribution is 6.01. The second-order valence-electron chi connectivity index (χ2n) is 3.27. The second-order valence-corrected chi connectivity index (χ2v) is 3.27. The fourth-order valence-electron chi connectivity index (χ4n) is 1.70. The third-order valence-electron chi connectivity index (χ3n) is 2.41. The smallest absolute Gasteiger partial charge is 0.251 e. The first-order valence-electron chi connectivity index (χ1n) is 4.35. The molecule has 4 nitrogen and oxygen atoms in total. The van der Waals surface area contributed by atoms with Gasteiger partial charge in [0.25, 0.3) is 5.91 Å². The van der Waals surface area contributed by atoms with Crippen molar-refractivity contribution in [1.29, 1.82) is 0 Å². The van der Waals surface area contributed by atoms with Gasteiger partial charge in [-0.1, -0.05) is 0 Å². The summed E-state index contributed by atoms with van der Waals surface area (Å²) in [5.74, 6) is -0.00856. The van der Waals surface area contributed by atoms with Crippen molar-refractivity contribution in [2.45, 2.75) is 6.54 Å². The van der Waals surface area contributed by atoms with Crippen molar-refractivity contribution in [2.75, 3.05) is 0 Å². The lowest BCUT2D eigenvalue weighted by atomic mass is 10.1. The summed E-state index contributed by atoms with van der Waals surface area (Å²) < 4.78 is 0. The summed E-state index contributed by atoms with van der Waals surface area (Å²) in [6.45, 7) is 0.605. The van der Waals surface area contributed by atoms with E-state index in [-0.39, 0.29) is 5.91 Å². The van der Waals surface area contributed by atoms with Gasteiger partial charge < -0.3 is 5.32 Å². The van der Waals surface area contributed by atoms with Crippen LogP contribution in [0, 0.1) is 0 Å². The van der Waals surface area contributed by atoms with Crippen LogP contribution in [0.1, 0.15) is 15.9 Å². The van der Waals surface area contributed by atoms with Crippen LogP contribution in [0.2, 0.25) is 0 Å². The van der Waals surface area contributed by atoms with Gasteiger partial charge in [0, 0.05) is 23.7 Å². The molecule has 0 radical (unpaired) electrons. The number of rotatable bonds is 0. The molecule has 1 amide bonds. The van der Waals surface area contributed by atoms with Gasteiger partial charge in [0.15, 0.2) is 0 Å². The number of carbonyl (C=O) groups excluding carboxylic acids is 1. The molecule has 68 valence electrons. The number of hydrogen-bond donors (Lipinski definition) is 1. The molecule has 0 unspecified atom stereocenters. The van der Waals surface area contributed by atoms with Crippen LogP contribution in [0.3, 0.4) is 0 Å². The number of fused-ring (bicyclic) bond motifs is 2. The molecule has 1 N–H and O–H groups in total. The molecular formula is C10H7N3O. The van der Waals surface area contributed by atoms with E-state index in [0.29, 0.717) is 6.54 Å². The van der Waals surface area contributed by atoms with Crippen LogP contribution in [0.25, 0.3) is 10.9 Å². The van der Waals surface area contributed by atoms with E-state index in [4.69, 9.17) is 0 Å². The first-order valence-corrected chi connectivity index (χ1v) is 4.35. The van der Waals surface area contributed by atoms with Crippen LogP contribution in [-0.4, -0.2) is 15.9 Å². The third kappa shape index (κ3) is 0.907. The van der Waals surface area contributed by atoms with Crippen LogP contribution < -0.4 is 5.32 Å². The Balaban J connectivity index is 2.38. The standard InChI is InChI=1S/C10H7N3O/c14-10-8-1-7-3-11-5-13-9(7)2-6(8)4-12-10/h1-3,5H,4H2,(H,12,14). The average molecular weight is 185 g/mol. The highest BCUT2D eigenvalue weighted by Crippen LogP contribution is 2.21. The number of hydrogen-bond acceptors (Lipinski definition) is 3. The molecule has 1 aromatic carbocycles. The molecule has 1 aliphatic heterocycles. The van der Waals surface area contributed by atoms with E-state index in [9.17, 15) is 4.79 Å². The van der Waals surface area contributed by atoms with Crippen molar-refractivity contribution >= 4 is 16.8 Å². The number of nitrogens with one attached hydrogen (secondary N) is 1. The van der Waals surface area contributed by atoms with E-state index in [0.717, 1.165) is 22.0 Å². The number of nitrogens with zero attached hydrogens (tertiary/aromatic N) is 2. The average Bonchev–Trinajstić information content (AvgIpc) is 2.57. The summed E-state index contributed by atoms with van der Waals surface area (Å²) in [6.07, 6.45) is 3.23. The van der Waals surface area contributed by atoms with Crippen LogP contribution in [0.4, 0.5) is 0 Å². The molecule has 1 aromatic heterocycles. The zero-order valence-electron chi connectivity index (χ0n) is 7.32. The van der Waals surface area contributed by atoms with Crippen LogP contribution in [-0.2, 0) is 6.54 Å². The molecule has 0 fully saturated rings. The molecule has 0 saturated carbocycles. The topological polar surface area (TPSA) is 54.9 Å². The molecular weight excluding hydrogens is 178 g/mol. The first-order chi connectivity index (χ1) is 6.84. The third-order valence-corrected chi connectivity index (χ3v) is 2.41. The Morgan fingerprint density at radius 1 is 1.36 bits per heavy atom. The lowest BCUT2D eigenvalue weighted by molar-refractivity contribution is 0.0966. The molecule has 1 aliphatic rings. The molecule has 0 atom stereocenters. The van der Waals surface area contributed by atoms with Gasteiger partial charge in [0.1, 0.15) is 6.33 Å². The van der Waals surface area contributed by atoms with Gasteiger partial charge in [-0.2, -0.15) is 0 Å². The minimum atomic E-state index is -0.00856. The van der Waals surface area contributed by atoms with Gasteiger partial charge >= 0.3 is 0 Å². The lowest BCUT2D eigenvalue weighted by Crippen LogP contribution is -2.12. The second kappa shape index (κ2) is 2.51. The van der Waals surface area contributed by atoms with Crippen LogP contribution in [0.5, 0.6) is 0 Å². The highest BCUT2D eigenvalue weighted by atomic mass is 16.1.